The molecule has 2 nitrogen and oxygen atoms in total. The van der Waals surface area contributed by atoms with Gasteiger partial charge < -0.3 is 5.11 Å². The first-order valence-corrected chi connectivity index (χ1v) is 3.36. The van der Waals surface area contributed by atoms with Crippen molar-refractivity contribution in [2.75, 3.05) is 13.2 Å². The molecule has 0 saturated carbocycles. The van der Waals surface area contributed by atoms with Crippen molar-refractivity contribution in [1.29, 1.82) is 0 Å². The zero-order valence-electron chi connectivity index (χ0n) is 6.73. The van der Waals surface area contributed by atoms with E-state index >= 15 is 0 Å². The number of aliphatic hydroxyl groups is 1. The molecule has 0 aliphatic carbocycles. The monoisotopic (exact) mass is 223 g/mol. The van der Waals surface area contributed by atoms with Crippen LogP contribution in [0.4, 0.5) is 26.3 Å². The van der Waals surface area contributed by atoms with Gasteiger partial charge in [-0.25, -0.2) is 0 Å². The smallest absolute Gasteiger partial charge is 0.392 e. The maximum absolute atomic E-state index is 11.8. The third-order valence-electron chi connectivity index (χ3n) is 1.17. The molecule has 0 bridgehead atoms. The van der Waals surface area contributed by atoms with Crippen LogP contribution in [-0.4, -0.2) is 35.8 Å². The number of halogens is 6. The predicted molar refractivity (Wildman–Crippen MR) is 35.0 cm³/mol. The Morgan fingerprint density at radius 3 is 1.64 bits per heavy atom. The normalized spacial score (nSPS) is 14.3. The molecule has 8 heteroatoms. The van der Waals surface area contributed by atoms with Gasteiger partial charge in [0.05, 0.1) is 6.61 Å². The van der Waals surface area contributed by atoms with Crippen LogP contribution < -0.4 is 0 Å². The summed E-state index contributed by atoms with van der Waals surface area (Å²) in [5, 5.41) is 8.12. The van der Waals surface area contributed by atoms with Gasteiger partial charge in [0.2, 0.25) is 0 Å². The number of aliphatic hydroxyl groups excluding tert-OH is 1. The summed E-state index contributed by atoms with van der Waals surface area (Å²) in [5.41, 5.74) is 0. The van der Waals surface area contributed by atoms with Crippen LogP contribution in [0.25, 0.3) is 0 Å². The summed E-state index contributed by atoms with van der Waals surface area (Å²) in [7, 11) is 0. The number of alkyl halides is 6. The molecule has 0 fully saturated rings. The Hall–Kier alpha value is -0.760. The first kappa shape index (κ1) is 13.2. The van der Waals surface area contributed by atoms with Crippen molar-refractivity contribution in [3.05, 3.63) is 12.2 Å². The first-order valence-electron chi connectivity index (χ1n) is 3.36. The molecule has 0 aromatic carbocycles. The van der Waals surface area contributed by atoms with Crippen molar-refractivity contribution in [3.63, 3.8) is 0 Å². The molecule has 0 spiro atoms. The summed E-state index contributed by atoms with van der Waals surface area (Å²) >= 11 is 0. The van der Waals surface area contributed by atoms with E-state index in [9.17, 15) is 26.3 Å². The van der Waals surface area contributed by atoms with Crippen LogP contribution >= 0.6 is 0 Å². The van der Waals surface area contributed by atoms with Crippen LogP contribution in [0.5, 0.6) is 0 Å². The number of hydrogen-bond donors (Lipinski definition) is 1. The molecule has 0 aliphatic rings. The van der Waals surface area contributed by atoms with Gasteiger partial charge in [-0.15, -0.1) is 4.90 Å². The Morgan fingerprint density at radius 2 is 1.36 bits per heavy atom. The van der Waals surface area contributed by atoms with Crippen molar-refractivity contribution in [2.45, 2.75) is 12.6 Å². The van der Waals surface area contributed by atoms with E-state index in [1.54, 1.807) is 0 Å². The van der Waals surface area contributed by atoms with Crippen LogP contribution in [0.1, 0.15) is 0 Å². The highest BCUT2D eigenvalue weighted by Crippen LogP contribution is 2.32. The van der Waals surface area contributed by atoms with Gasteiger partial charge >= 0.3 is 12.6 Å². The fourth-order valence-electron chi connectivity index (χ4n) is 0.605. The van der Waals surface area contributed by atoms with Crippen molar-refractivity contribution >= 4 is 0 Å². The van der Waals surface area contributed by atoms with Gasteiger partial charge in [-0.05, 0) is 0 Å². The Morgan fingerprint density at radius 1 is 0.929 bits per heavy atom. The lowest BCUT2D eigenvalue weighted by Crippen LogP contribution is -2.47. The van der Waals surface area contributed by atoms with Gasteiger partial charge in [-0.1, -0.05) is 12.2 Å². The maximum atomic E-state index is 11.8. The fraction of sp³-hybridized carbons (Fsp3) is 0.667. The van der Waals surface area contributed by atoms with E-state index in [4.69, 9.17) is 5.11 Å². The number of rotatable bonds is 3. The number of nitrogens with zero attached hydrogens (tertiary/aromatic N) is 1. The Labute approximate surface area is 75.4 Å². The van der Waals surface area contributed by atoms with Crippen molar-refractivity contribution < 1.29 is 31.4 Å². The minimum Gasteiger partial charge on any atom is -0.392 e. The highest BCUT2D eigenvalue weighted by molar-refractivity contribution is 4.85. The van der Waals surface area contributed by atoms with Gasteiger partial charge in [0.15, 0.2) is 0 Å². The van der Waals surface area contributed by atoms with E-state index in [1.165, 1.54) is 0 Å². The third-order valence-corrected chi connectivity index (χ3v) is 1.17. The van der Waals surface area contributed by atoms with Crippen molar-refractivity contribution in [1.82, 2.24) is 4.90 Å². The summed E-state index contributed by atoms with van der Waals surface area (Å²) in [6, 6.07) is 0. The average Bonchev–Trinajstić information content (AvgIpc) is 1.92. The van der Waals surface area contributed by atoms with Gasteiger partial charge in [-0.2, -0.15) is 26.3 Å². The van der Waals surface area contributed by atoms with Gasteiger partial charge in [0.1, 0.15) is 0 Å². The summed E-state index contributed by atoms with van der Waals surface area (Å²) in [4.78, 5) is -1.59. The average molecular weight is 223 g/mol. The maximum Gasteiger partial charge on any atom is 0.467 e. The highest BCUT2D eigenvalue weighted by Gasteiger charge is 2.52. The van der Waals surface area contributed by atoms with Crippen molar-refractivity contribution in [3.8, 4) is 0 Å². The SMILES string of the molecule is OC/C=C/CN(C(F)(F)F)C(F)(F)F. The Bertz CT molecular complexity index is 181. The number of hydrogen-bond acceptors (Lipinski definition) is 2. The van der Waals surface area contributed by atoms with Crippen LogP contribution in [-0.2, 0) is 0 Å². The topological polar surface area (TPSA) is 23.5 Å². The van der Waals surface area contributed by atoms with Gasteiger partial charge in [0.25, 0.3) is 0 Å². The Kier molecular flexibility index (Phi) is 4.40. The lowest BCUT2D eigenvalue weighted by Gasteiger charge is -2.25. The van der Waals surface area contributed by atoms with Crippen LogP contribution in [0, 0.1) is 0 Å². The summed E-state index contributed by atoms with van der Waals surface area (Å²) < 4.78 is 70.5. The second-order valence-corrected chi connectivity index (χ2v) is 2.20. The first-order chi connectivity index (χ1) is 6.19. The molecule has 0 heterocycles. The zero-order valence-corrected chi connectivity index (χ0v) is 6.73. The molecule has 0 atom stereocenters. The molecule has 0 saturated heterocycles. The largest absolute Gasteiger partial charge is 0.467 e. The molecule has 0 aromatic heterocycles. The molecule has 0 amide bonds. The van der Waals surface area contributed by atoms with E-state index in [0.29, 0.717) is 6.08 Å². The second-order valence-electron chi connectivity index (χ2n) is 2.20. The predicted octanol–water partition coefficient (Wildman–Crippen LogP) is 1.88. The molecular formula is C6H7F6NO. The minimum atomic E-state index is -5.47. The van der Waals surface area contributed by atoms with E-state index in [-0.39, 0.29) is 0 Å². The zero-order chi connectivity index (χ0) is 11.4. The van der Waals surface area contributed by atoms with Crippen LogP contribution in [0.15, 0.2) is 12.2 Å². The standard InChI is InChI=1S/C6H7F6NO/c7-5(8,9)13(6(10,11)12)3-1-2-4-14/h1-2,14H,3-4H2/b2-1+. The van der Waals surface area contributed by atoms with Crippen LogP contribution in [0.2, 0.25) is 0 Å². The Balaban J connectivity index is 4.51. The third kappa shape index (κ3) is 4.47. The van der Waals surface area contributed by atoms with Crippen LogP contribution in [0.3, 0.4) is 0 Å². The summed E-state index contributed by atoms with van der Waals surface area (Å²) in [5.74, 6) is 0. The molecule has 14 heavy (non-hydrogen) atoms. The molecular weight excluding hydrogens is 216 g/mol. The minimum absolute atomic E-state index is 0.584. The van der Waals surface area contributed by atoms with E-state index < -0.39 is 30.7 Å². The molecule has 1 N–H and O–H groups in total. The van der Waals surface area contributed by atoms with E-state index in [1.807, 2.05) is 0 Å². The molecule has 0 aromatic rings. The highest BCUT2D eigenvalue weighted by atomic mass is 19.4. The van der Waals surface area contributed by atoms with Crippen molar-refractivity contribution in [2.24, 2.45) is 0 Å². The van der Waals surface area contributed by atoms with E-state index in [2.05, 4.69) is 0 Å². The molecule has 84 valence electrons. The lowest BCUT2D eigenvalue weighted by molar-refractivity contribution is -0.369. The van der Waals surface area contributed by atoms with Gasteiger partial charge in [0, 0.05) is 6.54 Å². The van der Waals surface area contributed by atoms with Gasteiger partial charge in [-0.3, -0.25) is 0 Å². The molecule has 0 radical (unpaired) electrons. The second kappa shape index (κ2) is 4.65. The summed E-state index contributed by atoms with van der Waals surface area (Å²) in [6.45, 7) is -1.98. The quantitative estimate of drug-likeness (QED) is 0.448. The fourth-order valence-corrected chi connectivity index (χ4v) is 0.605. The summed E-state index contributed by atoms with van der Waals surface area (Å²) in [6.07, 6.45) is -9.57. The molecule has 0 unspecified atom stereocenters. The lowest BCUT2D eigenvalue weighted by atomic mass is 10.5. The van der Waals surface area contributed by atoms with E-state index in [0.717, 1.165) is 6.08 Å². The molecule has 0 rings (SSSR count). The molecule has 0 aliphatic heterocycles.